The van der Waals surface area contributed by atoms with E-state index in [9.17, 15) is 0 Å². The van der Waals surface area contributed by atoms with E-state index in [4.69, 9.17) is 32.9 Å². The van der Waals surface area contributed by atoms with E-state index in [-0.39, 0.29) is 13.2 Å². The van der Waals surface area contributed by atoms with E-state index >= 15 is 0 Å². The Morgan fingerprint density at radius 2 is 1.89 bits per heavy atom. The fraction of sp³-hybridized carbons (Fsp3) is 0.462. The van der Waals surface area contributed by atoms with E-state index in [1.165, 1.54) is 0 Å². The molecule has 5 nitrogen and oxygen atoms in total. The molecular formula is C13H20N2O3S. The van der Waals surface area contributed by atoms with Crippen LogP contribution in [0.15, 0.2) is 24.3 Å². The zero-order valence-electron chi connectivity index (χ0n) is 10.8. The number of nitrogens with two attached hydrogens (primary N) is 1. The van der Waals surface area contributed by atoms with Crippen LogP contribution in [0.25, 0.3) is 0 Å². The van der Waals surface area contributed by atoms with Gasteiger partial charge in [0.25, 0.3) is 0 Å². The summed E-state index contributed by atoms with van der Waals surface area (Å²) < 4.78 is 5.60. The number of hydrogen-bond acceptors (Lipinski definition) is 5. The van der Waals surface area contributed by atoms with Crippen molar-refractivity contribution in [1.82, 2.24) is 4.90 Å². The Hall–Kier alpha value is -1.21. The molecule has 4 N–H and O–H groups in total. The molecule has 0 fully saturated rings. The monoisotopic (exact) mass is 284 g/mol. The van der Waals surface area contributed by atoms with Gasteiger partial charge in [0, 0.05) is 25.2 Å². The number of ether oxygens (including phenoxy) is 1. The molecule has 0 aliphatic rings. The molecule has 0 atom stereocenters. The van der Waals surface area contributed by atoms with Crippen molar-refractivity contribution >= 4 is 17.2 Å². The van der Waals surface area contributed by atoms with Crippen molar-refractivity contribution in [2.24, 2.45) is 5.73 Å². The molecule has 0 saturated carbocycles. The standard InChI is InChI=1S/C13H20N2O3S/c14-13(19)11-2-1-3-12(10-11)18-9-6-15(4-7-16)5-8-17/h1-3,10,16-17H,4-9H2,(H2,14,19). The van der Waals surface area contributed by atoms with E-state index in [0.717, 1.165) is 5.56 Å². The van der Waals surface area contributed by atoms with Crippen LogP contribution in [-0.2, 0) is 0 Å². The van der Waals surface area contributed by atoms with Gasteiger partial charge in [-0.25, -0.2) is 0 Å². The number of hydrogen-bond donors (Lipinski definition) is 3. The average molecular weight is 284 g/mol. The summed E-state index contributed by atoms with van der Waals surface area (Å²) in [5.74, 6) is 0.707. The fourth-order valence-electron chi connectivity index (χ4n) is 1.65. The molecule has 106 valence electrons. The van der Waals surface area contributed by atoms with Gasteiger partial charge in [-0.3, -0.25) is 4.90 Å². The van der Waals surface area contributed by atoms with E-state index < -0.39 is 0 Å². The van der Waals surface area contributed by atoms with Gasteiger partial charge in [0.15, 0.2) is 0 Å². The van der Waals surface area contributed by atoms with Crippen LogP contribution in [0.4, 0.5) is 0 Å². The number of thiocarbonyl (C=S) groups is 1. The predicted octanol–water partition coefficient (Wildman–Crippen LogP) is -0.0138. The van der Waals surface area contributed by atoms with Crippen molar-refractivity contribution < 1.29 is 14.9 Å². The molecule has 0 heterocycles. The molecule has 6 heteroatoms. The second-order valence-electron chi connectivity index (χ2n) is 4.03. The highest BCUT2D eigenvalue weighted by Crippen LogP contribution is 2.13. The molecule has 0 radical (unpaired) electrons. The van der Waals surface area contributed by atoms with Gasteiger partial charge in [0.1, 0.15) is 17.3 Å². The van der Waals surface area contributed by atoms with Crippen LogP contribution in [0.5, 0.6) is 5.75 Å². The normalized spacial score (nSPS) is 10.7. The number of rotatable bonds is 9. The Balaban J connectivity index is 2.43. The Labute approximate surface area is 118 Å². The van der Waals surface area contributed by atoms with Gasteiger partial charge in [-0.05, 0) is 12.1 Å². The zero-order chi connectivity index (χ0) is 14.1. The molecule has 0 amide bonds. The van der Waals surface area contributed by atoms with Crippen LogP contribution in [0.3, 0.4) is 0 Å². The van der Waals surface area contributed by atoms with E-state index in [0.29, 0.717) is 37.0 Å². The highest BCUT2D eigenvalue weighted by atomic mass is 32.1. The van der Waals surface area contributed by atoms with Crippen molar-refractivity contribution in [2.75, 3.05) is 39.5 Å². The lowest BCUT2D eigenvalue weighted by Gasteiger charge is -2.20. The second-order valence-corrected chi connectivity index (χ2v) is 4.47. The molecular weight excluding hydrogens is 264 g/mol. The van der Waals surface area contributed by atoms with Crippen LogP contribution in [-0.4, -0.2) is 59.6 Å². The van der Waals surface area contributed by atoms with Crippen LogP contribution in [0.2, 0.25) is 0 Å². The third-order valence-corrected chi connectivity index (χ3v) is 2.86. The van der Waals surface area contributed by atoms with Crippen LogP contribution >= 0.6 is 12.2 Å². The smallest absolute Gasteiger partial charge is 0.120 e. The van der Waals surface area contributed by atoms with Crippen LogP contribution < -0.4 is 10.5 Å². The molecule has 0 aliphatic heterocycles. The largest absolute Gasteiger partial charge is 0.492 e. The Kier molecular flexibility index (Phi) is 7.35. The summed E-state index contributed by atoms with van der Waals surface area (Å²) in [5, 5.41) is 17.8. The topological polar surface area (TPSA) is 79.0 Å². The summed E-state index contributed by atoms with van der Waals surface area (Å²) >= 11 is 4.90. The molecule has 0 aliphatic carbocycles. The Morgan fingerprint density at radius 1 is 1.21 bits per heavy atom. The number of benzene rings is 1. The number of aliphatic hydroxyl groups excluding tert-OH is 2. The third-order valence-electron chi connectivity index (χ3n) is 2.63. The maximum atomic E-state index is 8.88. The summed E-state index contributed by atoms with van der Waals surface area (Å²) in [4.78, 5) is 2.27. The van der Waals surface area contributed by atoms with E-state index in [2.05, 4.69) is 0 Å². The van der Waals surface area contributed by atoms with Crippen molar-refractivity contribution in [3.8, 4) is 5.75 Å². The van der Waals surface area contributed by atoms with Gasteiger partial charge in [-0.15, -0.1) is 0 Å². The van der Waals surface area contributed by atoms with Gasteiger partial charge in [-0.2, -0.15) is 0 Å². The van der Waals surface area contributed by atoms with Crippen molar-refractivity contribution in [3.63, 3.8) is 0 Å². The molecule has 1 rings (SSSR count). The minimum absolute atomic E-state index is 0.0664. The lowest BCUT2D eigenvalue weighted by molar-refractivity contribution is 0.141. The first-order valence-corrected chi connectivity index (χ1v) is 6.55. The third kappa shape index (κ3) is 5.98. The van der Waals surface area contributed by atoms with E-state index in [1.807, 2.05) is 23.1 Å². The van der Waals surface area contributed by atoms with Gasteiger partial charge in [0.05, 0.1) is 13.2 Å². The quantitative estimate of drug-likeness (QED) is 0.553. The van der Waals surface area contributed by atoms with E-state index in [1.54, 1.807) is 6.07 Å². The summed E-state index contributed by atoms with van der Waals surface area (Å²) in [6.45, 7) is 2.29. The van der Waals surface area contributed by atoms with Crippen molar-refractivity contribution in [1.29, 1.82) is 0 Å². The maximum Gasteiger partial charge on any atom is 0.120 e. The molecule has 1 aromatic rings. The fourth-order valence-corrected chi connectivity index (χ4v) is 1.78. The molecule has 0 spiro atoms. The van der Waals surface area contributed by atoms with Gasteiger partial charge in [-0.1, -0.05) is 24.4 Å². The minimum atomic E-state index is 0.0664. The summed E-state index contributed by atoms with van der Waals surface area (Å²) in [5.41, 5.74) is 6.32. The molecule has 1 aromatic carbocycles. The Morgan fingerprint density at radius 3 is 2.47 bits per heavy atom. The lowest BCUT2D eigenvalue weighted by Crippen LogP contribution is -2.33. The van der Waals surface area contributed by atoms with Crippen LogP contribution in [0.1, 0.15) is 5.56 Å². The Bertz CT molecular complexity index is 395. The van der Waals surface area contributed by atoms with Crippen molar-refractivity contribution in [2.45, 2.75) is 0 Å². The lowest BCUT2D eigenvalue weighted by atomic mass is 10.2. The summed E-state index contributed by atoms with van der Waals surface area (Å²) in [7, 11) is 0. The van der Waals surface area contributed by atoms with Gasteiger partial charge in [0.2, 0.25) is 0 Å². The molecule has 19 heavy (non-hydrogen) atoms. The zero-order valence-corrected chi connectivity index (χ0v) is 11.6. The highest BCUT2D eigenvalue weighted by Gasteiger charge is 2.04. The summed E-state index contributed by atoms with van der Waals surface area (Å²) in [6, 6.07) is 7.30. The number of nitrogens with zero attached hydrogens (tertiary/aromatic N) is 1. The SMILES string of the molecule is NC(=S)c1cccc(OCCN(CCO)CCO)c1. The second kappa shape index (κ2) is 8.82. The van der Waals surface area contributed by atoms with Crippen LogP contribution in [0, 0.1) is 0 Å². The first kappa shape index (κ1) is 15.8. The molecule has 0 saturated heterocycles. The predicted molar refractivity (Wildman–Crippen MR) is 78.4 cm³/mol. The summed E-state index contributed by atoms with van der Waals surface area (Å²) in [6.07, 6.45) is 0. The molecule has 0 aromatic heterocycles. The van der Waals surface area contributed by atoms with Crippen molar-refractivity contribution in [3.05, 3.63) is 29.8 Å². The number of aliphatic hydroxyl groups is 2. The minimum Gasteiger partial charge on any atom is -0.492 e. The maximum absolute atomic E-state index is 8.88. The van der Waals surface area contributed by atoms with Gasteiger partial charge >= 0.3 is 0 Å². The molecule has 0 unspecified atom stereocenters. The first-order chi connectivity index (χ1) is 9.17. The van der Waals surface area contributed by atoms with Gasteiger partial charge < -0.3 is 20.7 Å². The highest BCUT2D eigenvalue weighted by molar-refractivity contribution is 7.80. The first-order valence-electron chi connectivity index (χ1n) is 6.14. The molecule has 0 bridgehead atoms. The average Bonchev–Trinajstić information content (AvgIpc) is 2.39.